The monoisotopic (exact) mass is 242 g/mol. The summed E-state index contributed by atoms with van der Waals surface area (Å²) in [5.41, 5.74) is -0.755. The first kappa shape index (κ1) is 12.3. The van der Waals surface area contributed by atoms with Gasteiger partial charge >= 0.3 is 0 Å². The quantitative estimate of drug-likeness (QED) is 0.803. The predicted molar refractivity (Wildman–Crippen MR) is 61.1 cm³/mol. The number of alkyl halides is 1. The number of nitrogens with one attached hydrogen (secondary N) is 1. The lowest BCUT2D eigenvalue weighted by Gasteiger charge is -2.45. The van der Waals surface area contributed by atoms with Gasteiger partial charge in [-0.15, -0.1) is 0 Å². The molecule has 0 aromatic heterocycles. The maximum Gasteiger partial charge on any atom is 0.246 e. The highest BCUT2D eigenvalue weighted by molar-refractivity contribution is 6.00. The van der Waals surface area contributed by atoms with Crippen LogP contribution in [0.3, 0.4) is 0 Å². The molecule has 1 saturated heterocycles. The molecule has 2 rings (SSSR count). The third kappa shape index (κ3) is 1.81. The molecule has 5 heteroatoms. The molecule has 96 valence electrons. The Kier molecular flexibility index (Phi) is 3.35. The van der Waals surface area contributed by atoms with Gasteiger partial charge in [-0.2, -0.15) is 0 Å². The van der Waals surface area contributed by atoms with Crippen LogP contribution in [0.25, 0.3) is 0 Å². The summed E-state index contributed by atoms with van der Waals surface area (Å²) in [5, 5.41) is 2.78. The zero-order valence-corrected chi connectivity index (χ0v) is 10.2. The highest BCUT2D eigenvalue weighted by Gasteiger charge is 2.53. The first-order chi connectivity index (χ1) is 8.15. The summed E-state index contributed by atoms with van der Waals surface area (Å²) in [6.45, 7) is 1.31. The van der Waals surface area contributed by atoms with E-state index >= 15 is 0 Å². The van der Waals surface area contributed by atoms with E-state index in [1.807, 2.05) is 6.92 Å². The molecule has 2 fully saturated rings. The normalized spacial score (nSPS) is 27.6. The number of rotatable bonds is 3. The van der Waals surface area contributed by atoms with Gasteiger partial charge in [0.1, 0.15) is 18.3 Å². The van der Waals surface area contributed by atoms with Crippen LogP contribution in [0.4, 0.5) is 4.39 Å². The van der Waals surface area contributed by atoms with Crippen molar-refractivity contribution in [2.45, 2.75) is 50.6 Å². The zero-order chi connectivity index (χ0) is 12.5. The van der Waals surface area contributed by atoms with E-state index in [9.17, 15) is 14.0 Å². The van der Waals surface area contributed by atoms with E-state index in [1.165, 1.54) is 4.90 Å². The molecule has 17 heavy (non-hydrogen) atoms. The van der Waals surface area contributed by atoms with Crippen LogP contribution in [-0.2, 0) is 9.59 Å². The number of nitrogens with zero attached hydrogens (tertiary/aromatic N) is 1. The van der Waals surface area contributed by atoms with Crippen molar-refractivity contribution in [2.24, 2.45) is 0 Å². The number of carbonyl (C=O) groups excluding carboxylic acids is 2. The van der Waals surface area contributed by atoms with Gasteiger partial charge in [0, 0.05) is 0 Å². The second-order valence-electron chi connectivity index (χ2n) is 4.85. The molecule has 4 nitrogen and oxygen atoms in total. The van der Waals surface area contributed by atoms with Crippen LogP contribution < -0.4 is 5.32 Å². The molecular formula is C12H19FN2O2. The summed E-state index contributed by atoms with van der Waals surface area (Å²) in [4.78, 5) is 25.9. The molecule has 1 aliphatic heterocycles. The highest BCUT2D eigenvalue weighted by atomic mass is 19.1. The third-order valence-electron chi connectivity index (χ3n) is 3.96. The smallest absolute Gasteiger partial charge is 0.246 e. The molecule has 0 aromatic carbocycles. The van der Waals surface area contributed by atoms with Crippen molar-refractivity contribution in [3.8, 4) is 0 Å². The van der Waals surface area contributed by atoms with Gasteiger partial charge < -0.3 is 10.2 Å². The zero-order valence-electron chi connectivity index (χ0n) is 10.2. The SMILES string of the molecule is CCC1NC(=O)C2(CCCC2)N(CCF)C1=O. The van der Waals surface area contributed by atoms with Crippen LogP contribution in [-0.4, -0.2) is 41.5 Å². The van der Waals surface area contributed by atoms with Gasteiger partial charge in [-0.25, -0.2) is 4.39 Å². The van der Waals surface area contributed by atoms with Crippen LogP contribution in [0, 0.1) is 0 Å². The minimum absolute atomic E-state index is 0.0444. The van der Waals surface area contributed by atoms with E-state index in [0.717, 1.165) is 12.8 Å². The fourth-order valence-electron chi connectivity index (χ4n) is 3.02. The van der Waals surface area contributed by atoms with Gasteiger partial charge in [0.25, 0.3) is 0 Å². The van der Waals surface area contributed by atoms with Crippen LogP contribution in [0.2, 0.25) is 0 Å². The van der Waals surface area contributed by atoms with Crippen molar-refractivity contribution in [3.63, 3.8) is 0 Å². The van der Waals surface area contributed by atoms with E-state index in [4.69, 9.17) is 0 Å². The van der Waals surface area contributed by atoms with Gasteiger partial charge in [0.05, 0.1) is 6.54 Å². The average Bonchev–Trinajstić information content (AvgIpc) is 2.80. The van der Waals surface area contributed by atoms with Crippen LogP contribution in [0.5, 0.6) is 0 Å². The van der Waals surface area contributed by atoms with Crippen molar-refractivity contribution >= 4 is 11.8 Å². The highest BCUT2D eigenvalue weighted by Crippen LogP contribution is 2.38. The van der Waals surface area contributed by atoms with E-state index in [2.05, 4.69) is 5.32 Å². The van der Waals surface area contributed by atoms with E-state index < -0.39 is 18.3 Å². The van der Waals surface area contributed by atoms with Gasteiger partial charge in [-0.1, -0.05) is 19.8 Å². The molecule has 1 atom stereocenters. The largest absolute Gasteiger partial charge is 0.342 e. The number of carbonyl (C=O) groups is 2. The fraction of sp³-hybridized carbons (Fsp3) is 0.833. The molecule has 1 N–H and O–H groups in total. The van der Waals surface area contributed by atoms with Gasteiger partial charge in [-0.3, -0.25) is 9.59 Å². The lowest BCUT2D eigenvalue weighted by Crippen LogP contribution is -2.69. The van der Waals surface area contributed by atoms with Crippen LogP contribution >= 0.6 is 0 Å². The fourth-order valence-corrected chi connectivity index (χ4v) is 3.02. The summed E-state index contributed by atoms with van der Waals surface area (Å²) in [7, 11) is 0. The number of halogens is 1. The number of amides is 2. The number of hydrogen-bond acceptors (Lipinski definition) is 2. The predicted octanol–water partition coefficient (Wildman–Crippen LogP) is 1.01. The standard InChI is InChI=1S/C12H19FN2O2/c1-2-9-10(16)15(8-7-13)12(11(17)14-9)5-3-4-6-12/h9H,2-8H2,1H3,(H,14,17). The molecule has 1 spiro atoms. The van der Waals surface area contributed by atoms with Crippen molar-refractivity contribution < 1.29 is 14.0 Å². The molecule has 2 aliphatic rings. The summed E-state index contributed by atoms with van der Waals surface area (Å²) in [6, 6.07) is -0.472. The molecule has 1 saturated carbocycles. The summed E-state index contributed by atoms with van der Waals surface area (Å²) >= 11 is 0. The number of piperazine rings is 1. The minimum Gasteiger partial charge on any atom is -0.342 e. The van der Waals surface area contributed by atoms with Crippen molar-refractivity contribution in [1.82, 2.24) is 10.2 Å². The van der Waals surface area contributed by atoms with Gasteiger partial charge in [0.2, 0.25) is 11.8 Å². The summed E-state index contributed by atoms with van der Waals surface area (Å²) in [5.74, 6) is -0.207. The lowest BCUT2D eigenvalue weighted by atomic mass is 9.89. The Hall–Kier alpha value is -1.13. The summed E-state index contributed by atoms with van der Waals surface area (Å²) in [6.07, 6.45) is 3.76. The second-order valence-corrected chi connectivity index (χ2v) is 4.85. The Balaban J connectivity index is 2.30. The van der Waals surface area contributed by atoms with E-state index in [1.54, 1.807) is 0 Å². The Morgan fingerprint density at radius 3 is 2.59 bits per heavy atom. The van der Waals surface area contributed by atoms with E-state index in [-0.39, 0.29) is 18.4 Å². The molecule has 1 aliphatic carbocycles. The van der Waals surface area contributed by atoms with Crippen molar-refractivity contribution in [1.29, 1.82) is 0 Å². The molecule has 2 amide bonds. The first-order valence-corrected chi connectivity index (χ1v) is 6.34. The van der Waals surface area contributed by atoms with Gasteiger partial charge in [-0.05, 0) is 19.3 Å². The van der Waals surface area contributed by atoms with Crippen molar-refractivity contribution in [3.05, 3.63) is 0 Å². The topological polar surface area (TPSA) is 49.4 Å². The van der Waals surface area contributed by atoms with Crippen molar-refractivity contribution in [2.75, 3.05) is 13.2 Å². The Labute approximate surface area is 101 Å². The average molecular weight is 242 g/mol. The summed E-state index contributed by atoms with van der Waals surface area (Å²) < 4.78 is 12.6. The minimum atomic E-state index is -0.755. The first-order valence-electron chi connectivity index (χ1n) is 6.34. The van der Waals surface area contributed by atoms with E-state index in [0.29, 0.717) is 19.3 Å². The molecule has 0 aromatic rings. The second kappa shape index (κ2) is 4.63. The number of hydrogen-bond donors (Lipinski definition) is 1. The molecule has 0 bridgehead atoms. The molecule has 0 radical (unpaired) electrons. The lowest BCUT2D eigenvalue weighted by molar-refractivity contribution is -0.157. The molecule has 1 heterocycles. The Morgan fingerprint density at radius 2 is 2.06 bits per heavy atom. The molecule has 1 unspecified atom stereocenters. The maximum atomic E-state index is 12.6. The Morgan fingerprint density at radius 1 is 1.41 bits per heavy atom. The molecular weight excluding hydrogens is 223 g/mol. The Bertz CT molecular complexity index is 326. The maximum absolute atomic E-state index is 12.6. The van der Waals surface area contributed by atoms with Crippen LogP contribution in [0.1, 0.15) is 39.0 Å². The third-order valence-corrected chi connectivity index (χ3v) is 3.96. The van der Waals surface area contributed by atoms with Crippen LogP contribution in [0.15, 0.2) is 0 Å². The van der Waals surface area contributed by atoms with Gasteiger partial charge in [0.15, 0.2) is 0 Å².